The van der Waals surface area contributed by atoms with Crippen LogP contribution in [-0.2, 0) is 4.74 Å². The smallest absolute Gasteiger partial charge is 0.0572 e. The third kappa shape index (κ3) is 4.52. The van der Waals surface area contributed by atoms with E-state index >= 15 is 0 Å². The maximum Gasteiger partial charge on any atom is 0.0572 e. The molecular weight excluding hydrogens is 186 g/mol. The molecule has 0 aliphatic heterocycles. The van der Waals surface area contributed by atoms with Gasteiger partial charge in [0.25, 0.3) is 0 Å². The first-order valence-corrected chi connectivity index (χ1v) is 6.33. The quantitative estimate of drug-likeness (QED) is 0.758. The molecule has 0 saturated heterocycles. The molecule has 0 radical (unpaired) electrons. The number of hydrogen-bond donors (Lipinski definition) is 1. The average Bonchev–Trinajstić information content (AvgIpc) is 2.27. The molecule has 1 N–H and O–H groups in total. The highest BCUT2D eigenvalue weighted by atomic mass is 16.5. The Labute approximate surface area is 94.8 Å². The van der Waals surface area contributed by atoms with E-state index in [-0.39, 0.29) is 0 Å². The lowest BCUT2D eigenvalue weighted by molar-refractivity contribution is 0.0613. The summed E-state index contributed by atoms with van der Waals surface area (Å²) in [5.74, 6) is 0. The van der Waals surface area contributed by atoms with Gasteiger partial charge in [-0.25, -0.2) is 0 Å². The Morgan fingerprint density at radius 2 is 1.80 bits per heavy atom. The van der Waals surface area contributed by atoms with E-state index in [0.717, 1.165) is 12.6 Å². The second-order valence-corrected chi connectivity index (χ2v) is 5.61. The maximum atomic E-state index is 5.38. The molecule has 1 rings (SSSR count). The number of rotatable bonds is 5. The molecule has 0 aromatic rings. The first-order valence-electron chi connectivity index (χ1n) is 6.33. The van der Waals surface area contributed by atoms with Crippen LogP contribution in [-0.4, -0.2) is 25.8 Å². The summed E-state index contributed by atoms with van der Waals surface area (Å²) in [7, 11) is 1.83. The molecule has 0 atom stereocenters. The Kier molecular flexibility index (Phi) is 5.07. The summed E-state index contributed by atoms with van der Waals surface area (Å²) in [5.41, 5.74) is 0.443. The summed E-state index contributed by atoms with van der Waals surface area (Å²) < 4.78 is 5.38. The minimum Gasteiger partial charge on any atom is -0.381 e. The summed E-state index contributed by atoms with van der Waals surface area (Å²) in [6.07, 6.45) is 6.76. The van der Waals surface area contributed by atoms with Gasteiger partial charge in [-0.05, 0) is 37.5 Å². The number of ether oxygens (including phenoxy) is 1. The van der Waals surface area contributed by atoms with Gasteiger partial charge in [0.1, 0.15) is 0 Å². The second kappa shape index (κ2) is 5.86. The van der Waals surface area contributed by atoms with Gasteiger partial charge in [0, 0.05) is 19.7 Å². The van der Waals surface area contributed by atoms with E-state index in [1.165, 1.54) is 32.1 Å². The third-order valence-electron chi connectivity index (χ3n) is 3.83. The first kappa shape index (κ1) is 13.0. The van der Waals surface area contributed by atoms with Crippen LogP contribution in [0.1, 0.15) is 52.9 Å². The zero-order chi connectivity index (χ0) is 11.3. The van der Waals surface area contributed by atoms with E-state index in [1.54, 1.807) is 0 Å². The van der Waals surface area contributed by atoms with Crippen molar-refractivity contribution in [2.75, 3.05) is 13.7 Å². The van der Waals surface area contributed by atoms with Gasteiger partial charge in [0.2, 0.25) is 0 Å². The van der Waals surface area contributed by atoms with Gasteiger partial charge in [0.15, 0.2) is 0 Å². The van der Waals surface area contributed by atoms with Crippen molar-refractivity contribution in [2.24, 2.45) is 5.41 Å². The molecule has 0 aromatic heterocycles. The standard InChI is InChI=1S/C13H27NO/c1-5-13(2,3)10-14-11-6-8-12(15-4)9-7-11/h11-12,14H,5-10H2,1-4H3. The Morgan fingerprint density at radius 1 is 1.20 bits per heavy atom. The van der Waals surface area contributed by atoms with Gasteiger partial charge in [-0.3, -0.25) is 0 Å². The lowest BCUT2D eigenvalue weighted by atomic mass is 9.88. The fourth-order valence-electron chi connectivity index (χ4n) is 2.05. The molecule has 2 heteroatoms. The summed E-state index contributed by atoms with van der Waals surface area (Å²) in [4.78, 5) is 0. The van der Waals surface area contributed by atoms with Crippen LogP contribution in [0, 0.1) is 5.41 Å². The fourth-order valence-corrected chi connectivity index (χ4v) is 2.05. The van der Waals surface area contributed by atoms with Crippen LogP contribution >= 0.6 is 0 Å². The van der Waals surface area contributed by atoms with Crippen molar-refractivity contribution in [3.63, 3.8) is 0 Å². The SMILES string of the molecule is CCC(C)(C)CNC1CCC(OC)CC1. The van der Waals surface area contributed by atoms with Crippen LogP contribution in [0.3, 0.4) is 0 Å². The molecule has 0 unspecified atom stereocenters. The largest absolute Gasteiger partial charge is 0.381 e. The molecule has 1 aliphatic carbocycles. The van der Waals surface area contributed by atoms with E-state index in [9.17, 15) is 0 Å². The van der Waals surface area contributed by atoms with Crippen molar-refractivity contribution in [3.8, 4) is 0 Å². The first-order chi connectivity index (χ1) is 7.07. The Morgan fingerprint density at radius 3 is 2.27 bits per heavy atom. The van der Waals surface area contributed by atoms with E-state index in [4.69, 9.17) is 4.74 Å². The zero-order valence-corrected chi connectivity index (χ0v) is 10.8. The summed E-state index contributed by atoms with van der Waals surface area (Å²) >= 11 is 0. The van der Waals surface area contributed by atoms with Gasteiger partial charge in [-0.1, -0.05) is 20.8 Å². The second-order valence-electron chi connectivity index (χ2n) is 5.61. The highest BCUT2D eigenvalue weighted by Crippen LogP contribution is 2.23. The van der Waals surface area contributed by atoms with Crippen LogP contribution in [0.25, 0.3) is 0 Å². The number of nitrogens with one attached hydrogen (secondary N) is 1. The lowest BCUT2D eigenvalue weighted by Crippen LogP contribution is -2.40. The molecule has 15 heavy (non-hydrogen) atoms. The molecule has 0 bridgehead atoms. The van der Waals surface area contributed by atoms with Gasteiger partial charge >= 0.3 is 0 Å². The van der Waals surface area contributed by atoms with Crippen LogP contribution in [0.2, 0.25) is 0 Å². The van der Waals surface area contributed by atoms with Crippen molar-refractivity contribution in [2.45, 2.75) is 65.0 Å². The van der Waals surface area contributed by atoms with Crippen LogP contribution in [0.15, 0.2) is 0 Å². The molecule has 0 heterocycles. The maximum absolute atomic E-state index is 5.38. The highest BCUT2D eigenvalue weighted by molar-refractivity contribution is 4.80. The number of methoxy groups -OCH3 is 1. The molecule has 0 aromatic carbocycles. The van der Waals surface area contributed by atoms with Crippen molar-refractivity contribution in [1.82, 2.24) is 5.32 Å². The van der Waals surface area contributed by atoms with E-state index in [1.807, 2.05) is 7.11 Å². The highest BCUT2D eigenvalue weighted by Gasteiger charge is 2.22. The third-order valence-corrected chi connectivity index (χ3v) is 3.83. The topological polar surface area (TPSA) is 21.3 Å². The van der Waals surface area contributed by atoms with Gasteiger partial charge in [-0.2, -0.15) is 0 Å². The monoisotopic (exact) mass is 213 g/mol. The van der Waals surface area contributed by atoms with Crippen LogP contribution < -0.4 is 5.32 Å². The average molecular weight is 213 g/mol. The van der Waals surface area contributed by atoms with E-state index in [0.29, 0.717) is 11.5 Å². The van der Waals surface area contributed by atoms with E-state index in [2.05, 4.69) is 26.1 Å². The summed E-state index contributed by atoms with van der Waals surface area (Å²) in [5, 5.41) is 3.70. The molecular formula is C13H27NO. The lowest BCUT2D eigenvalue weighted by Gasteiger charge is -2.31. The molecule has 1 saturated carbocycles. The van der Waals surface area contributed by atoms with Crippen molar-refractivity contribution >= 4 is 0 Å². The molecule has 0 spiro atoms. The van der Waals surface area contributed by atoms with Gasteiger partial charge in [0.05, 0.1) is 6.10 Å². The molecule has 0 amide bonds. The minimum atomic E-state index is 0.443. The van der Waals surface area contributed by atoms with Crippen molar-refractivity contribution in [1.29, 1.82) is 0 Å². The van der Waals surface area contributed by atoms with Crippen molar-refractivity contribution < 1.29 is 4.74 Å². The zero-order valence-electron chi connectivity index (χ0n) is 10.8. The van der Waals surface area contributed by atoms with Crippen LogP contribution in [0.4, 0.5) is 0 Å². The van der Waals surface area contributed by atoms with E-state index < -0.39 is 0 Å². The molecule has 1 fully saturated rings. The molecule has 1 aliphatic rings. The van der Waals surface area contributed by atoms with Gasteiger partial charge in [-0.15, -0.1) is 0 Å². The summed E-state index contributed by atoms with van der Waals surface area (Å²) in [6.45, 7) is 8.08. The fraction of sp³-hybridized carbons (Fsp3) is 1.00. The molecule has 90 valence electrons. The van der Waals surface area contributed by atoms with Crippen molar-refractivity contribution in [3.05, 3.63) is 0 Å². The minimum absolute atomic E-state index is 0.443. The summed E-state index contributed by atoms with van der Waals surface area (Å²) in [6, 6.07) is 0.724. The van der Waals surface area contributed by atoms with Crippen LogP contribution in [0.5, 0.6) is 0 Å². The predicted molar refractivity (Wildman–Crippen MR) is 65.1 cm³/mol. The van der Waals surface area contributed by atoms with Gasteiger partial charge < -0.3 is 10.1 Å². The Bertz CT molecular complexity index is 171. The number of hydrogen-bond acceptors (Lipinski definition) is 2. The normalized spacial score (nSPS) is 28.0. The Hall–Kier alpha value is -0.0800. The Balaban J connectivity index is 2.19. The predicted octanol–water partition coefficient (Wildman–Crippen LogP) is 2.97. The molecule has 2 nitrogen and oxygen atoms in total.